The third kappa shape index (κ3) is 5.42. The van der Waals surface area contributed by atoms with Crippen molar-refractivity contribution in [2.75, 3.05) is 18.4 Å². The van der Waals surface area contributed by atoms with Gasteiger partial charge >= 0.3 is 0 Å². The van der Waals surface area contributed by atoms with Crippen LogP contribution in [0.4, 0.5) is 5.69 Å². The largest absolute Gasteiger partial charge is 0.376 e. The lowest BCUT2D eigenvalue weighted by Crippen LogP contribution is -2.23. The van der Waals surface area contributed by atoms with Crippen LogP contribution in [0.2, 0.25) is 0 Å². The molecule has 0 aromatic heterocycles. The number of amides is 1. The molecule has 0 aliphatic carbocycles. The molecule has 1 aromatic rings. The monoisotopic (exact) mass is 327 g/mol. The molecule has 130 valence electrons. The SMILES string of the molecule is CCCN(/C=C(/C#N)C(=O)Nc1c(CC)cccc1CC)CCC. The van der Waals surface area contributed by atoms with Gasteiger partial charge < -0.3 is 10.2 Å². The molecule has 0 saturated carbocycles. The van der Waals surface area contributed by atoms with Gasteiger partial charge in [0.25, 0.3) is 5.91 Å². The van der Waals surface area contributed by atoms with Crippen LogP contribution in [0.5, 0.6) is 0 Å². The van der Waals surface area contributed by atoms with Crippen molar-refractivity contribution in [3.8, 4) is 6.07 Å². The number of hydrogen-bond donors (Lipinski definition) is 1. The van der Waals surface area contributed by atoms with Crippen LogP contribution >= 0.6 is 0 Å². The second kappa shape index (κ2) is 10.5. The highest BCUT2D eigenvalue weighted by molar-refractivity contribution is 6.07. The lowest BCUT2D eigenvalue weighted by molar-refractivity contribution is -0.112. The number of para-hydroxylation sites is 1. The second-order valence-electron chi connectivity index (χ2n) is 5.80. The molecule has 1 amide bonds. The van der Waals surface area contributed by atoms with Gasteiger partial charge in [0.2, 0.25) is 0 Å². The zero-order valence-electron chi connectivity index (χ0n) is 15.4. The van der Waals surface area contributed by atoms with Gasteiger partial charge in [0, 0.05) is 25.0 Å². The van der Waals surface area contributed by atoms with E-state index in [4.69, 9.17) is 0 Å². The summed E-state index contributed by atoms with van der Waals surface area (Å²) in [4.78, 5) is 14.6. The van der Waals surface area contributed by atoms with E-state index in [0.29, 0.717) is 0 Å². The lowest BCUT2D eigenvalue weighted by atomic mass is 10.0. The highest BCUT2D eigenvalue weighted by Gasteiger charge is 2.15. The van der Waals surface area contributed by atoms with Crippen LogP contribution in [0.15, 0.2) is 30.0 Å². The van der Waals surface area contributed by atoms with E-state index < -0.39 is 0 Å². The first-order valence-corrected chi connectivity index (χ1v) is 8.89. The first-order valence-electron chi connectivity index (χ1n) is 8.89. The van der Waals surface area contributed by atoms with E-state index >= 15 is 0 Å². The lowest BCUT2D eigenvalue weighted by Gasteiger charge is -2.19. The summed E-state index contributed by atoms with van der Waals surface area (Å²) >= 11 is 0. The smallest absolute Gasteiger partial charge is 0.267 e. The molecule has 0 atom stereocenters. The molecule has 4 heteroatoms. The van der Waals surface area contributed by atoms with Gasteiger partial charge in [0.1, 0.15) is 11.6 Å². The average Bonchev–Trinajstić information content (AvgIpc) is 2.59. The van der Waals surface area contributed by atoms with Crippen molar-refractivity contribution < 1.29 is 4.79 Å². The zero-order chi connectivity index (χ0) is 17.9. The van der Waals surface area contributed by atoms with Crippen LogP contribution in [0.25, 0.3) is 0 Å². The first kappa shape index (κ1) is 19.8. The Balaban J connectivity index is 3.06. The van der Waals surface area contributed by atoms with Crippen molar-refractivity contribution >= 4 is 11.6 Å². The normalized spacial score (nSPS) is 11.0. The van der Waals surface area contributed by atoms with Crippen LogP contribution in [0, 0.1) is 11.3 Å². The minimum atomic E-state index is -0.328. The van der Waals surface area contributed by atoms with Gasteiger partial charge in [0.05, 0.1) is 0 Å². The molecule has 0 heterocycles. The van der Waals surface area contributed by atoms with Crippen molar-refractivity contribution in [3.63, 3.8) is 0 Å². The number of nitrogens with one attached hydrogen (secondary N) is 1. The Hall–Kier alpha value is -2.28. The highest BCUT2D eigenvalue weighted by atomic mass is 16.1. The summed E-state index contributed by atoms with van der Waals surface area (Å²) in [5.41, 5.74) is 3.20. The standard InChI is InChI=1S/C20H29N3O/c1-5-12-23(13-6-2)15-18(14-21)20(24)22-19-16(7-3)10-9-11-17(19)8-4/h9-11,15H,5-8,12-13H2,1-4H3,(H,22,24)/b18-15-. The molecule has 0 radical (unpaired) electrons. The number of rotatable bonds is 9. The third-order valence-electron chi connectivity index (χ3n) is 3.94. The molecule has 24 heavy (non-hydrogen) atoms. The van der Waals surface area contributed by atoms with Crippen LogP contribution in [0.1, 0.15) is 51.7 Å². The number of hydrogen-bond acceptors (Lipinski definition) is 3. The summed E-state index contributed by atoms with van der Waals surface area (Å²) in [5.74, 6) is -0.328. The average molecular weight is 327 g/mol. The number of carbonyl (C=O) groups excluding carboxylic acids is 1. The highest BCUT2D eigenvalue weighted by Crippen LogP contribution is 2.23. The number of nitrogens with zero attached hydrogens (tertiary/aromatic N) is 2. The van der Waals surface area contributed by atoms with Gasteiger partial charge in [-0.1, -0.05) is 45.9 Å². The summed E-state index contributed by atoms with van der Waals surface area (Å²) in [6.07, 6.45) is 5.34. The van der Waals surface area contributed by atoms with E-state index in [1.54, 1.807) is 6.20 Å². The topological polar surface area (TPSA) is 56.1 Å². The molecular weight excluding hydrogens is 298 g/mol. The molecule has 0 spiro atoms. The number of aryl methyl sites for hydroxylation is 2. The molecular formula is C20H29N3O. The Morgan fingerprint density at radius 1 is 1.12 bits per heavy atom. The maximum Gasteiger partial charge on any atom is 0.267 e. The minimum absolute atomic E-state index is 0.157. The van der Waals surface area contributed by atoms with Crippen molar-refractivity contribution in [2.45, 2.75) is 53.4 Å². The first-order chi connectivity index (χ1) is 11.6. The van der Waals surface area contributed by atoms with Gasteiger partial charge in [-0.3, -0.25) is 4.79 Å². The molecule has 0 aliphatic heterocycles. The van der Waals surface area contributed by atoms with E-state index in [1.807, 2.05) is 23.1 Å². The molecule has 1 N–H and O–H groups in total. The molecule has 0 saturated heterocycles. The van der Waals surface area contributed by atoms with Crippen molar-refractivity contribution in [1.82, 2.24) is 4.90 Å². The molecule has 1 rings (SSSR count). The van der Waals surface area contributed by atoms with E-state index in [-0.39, 0.29) is 11.5 Å². The molecule has 0 bridgehead atoms. The van der Waals surface area contributed by atoms with Gasteiger partial charge in [-0.05, 0) is 36.8 Å². The van der Waals surface area contributed by atoms with Crippen molar-refractivity contribution in [2.24, 2.45) is 0 Å². The maximum atomic E-state index is 12.6. The minimum Gasteiger partial charge on any atom is -0.376 e. The van der Waals surface area contributed by atoms with Crippen LogP contribution < -0.4 is 5.32 Å². The molecule has 4 nitrogen and oxygen atoms in total. The summed E-state index contributed by atoms with van der Waals surface area (Å²) < 4.78 is 0. The van der Waals surface area contributed by atoms with Gasteiger partial charge in [-0.25, -0.2) is 0 Å². The number of anilines is 1. The predicted molar refractivity (Wildman–Crippen MR) is 99.7 cm³/mol. The summed E-state index contributed by atoms with van der Waals surface area (Å²) in [6, 6.07) is 8.10. The Kier molecular flexibility index (Phi) is 8.64. The van der Waals surface area contributed by atoms with Gasteiger partial charge in [-0.2, -0.15) is 5.26 Å². The summed E-state index contributed by atoms with van der Waals surface area (Å²) in [5, 5.41) is 12.4. The molecule has 1 aromatic carbocycles. The fraction of sp³-hybridized carbons (Fsp3) is 0.500. The Bertz CT molecular complexity index is 586. The van der Waals surface area contributed by atoms with Crippen LogP contribution in [-0.4, -0.2) is 23.9 Å². The summed E-state index contributed by atoms with van der Waals surface area (Å²) in [7, 11) is 0. The second-order valence-corrected chi connectivity index (χ2v) is 5.80. The number of carbonyl (C=O) groups is 1. The maximum absolute atomic E-state index is 12.6. The third-order valence-corrected chi connectivity index (χ3v) is 3.94. The Morgan fingerprint density at radius 2 is 1.67 bits per heavy atom. The van der Waals surface area contributed by atoms with E-state index in [9.17, 15) is 10.1 Å². The Morgan fingerprint density at radius 3 is 2.08 bits per heavy atom. The predicted octanol–water partition coefficient (Wildman–Crippen LogP) is 4.28. The zero-order valence-corrected chi connectivity index (χ0v) is 15.4. The molecule has 0 aliphatic rings. The fourth-order valence-electron chi connectivity index (χ4n) is 2.72. The van der Waals surface area contributed by atoms with E-state index in [2.05, 4.69) is 39.1 Å². The van der Waals surface area contributed by atoms with E-state index in [0.717, 1.165) is 55.6 Å². The van der Waals surface area contributed by atoms with E-state index in [1.165, 1.54) is 0 Å². The molecule has 0 unspecified atom stereocenters. The van der Waals surface area contributed by atoms with Crippen molar-refractivity contribution in [3.05, 3.63) is 41.1 Å². The van der Waals surface area contributed by atoms with Crippen molar-refractivity contribution in [1.29, 1.82) is 5.26 Å². The summed E-state index contributed by atoms with van der Waals surface area (Å²) in [6.45, 7) is 10.0. The number of benzene rings is 1. The quantitative estimate of drug-likeness (QED) is 0.544. The van der Waals surface area contributed by atoms with Crippen LogP contribution in [-0.2, 0) is 17.6 Å². The fourth-order valence-corrected chi connectivity index (χ4v) is 2.72. The number of nitriles is 1. The van der Waals surface area contributed by atoms with Gasteiger partial charge in [-0.15, -0.1) is 0 Å². The van der Waals surface area contributed by atoms with Gasteiger partial charge in [0.15, 0.2) is 0 Å². The molecule has 0 fully saturated rings. The Labute approximate surface area is 146 Å². The van der Waals surface area contributed by atoms with Crippen LogP contribution in [0.3, 0.4) is 0 Å².